The summed E-state index contributed by atoms with van der Waals surface area (Å²) in [5.74, 6) is -2.69. The molecule has 0 unspecified atom stereocenters. The highest BCUT2D eigenvalue weighted by Crippen LogP contribution is 2.33. The molecule has 0 aromatic heterocycles. The third-order valence-electron chi connectivity index (χ3n) is 3.09. The summed E-state index contributed by atoms with van der Waals surface area (Å²) in [5, 5.41) is 0. The van der Waals surface area contributed by atoms with Crippen molar-refractivity contribution in [3.63, 3.8) is 0 Å². The molecule has 0 saturated carbocycles. The van der Waals surface area contributed by atoms with Gasteiger partial charge in [-0.1, -0.05) is 13.8 Å². The molecule has 0 aliphatic carbocycles. The van der Waals surface area contributed by atoms with Gasteiger partial charge in [0.05, 0.1) is 5.41 Å². The van der Waals surface area contributed by atoms with Crippen LogP contribution < -0.4 is 0 Å². The van der Waals surface area contributed by atoms with Gasteiger partial charge in [-0.3, -0.25) is 19.2 Å². The molecular formula is C13H20O6. The van der Waals surface area contributed by atoms with Gasteiger partial charge in [-0.2, -0.15) is 0 Å². The van der Waals surface area contributed by atoms with Crippen molar-refractivity contribution in [3.05, 3.63) is 0 Å². The van der Waals surface area contributed by atoms with Gasteiger partial charge in [-0.05, 0) is 19.3 Å². The van der Waals surface area contributed by atoms with Gasteiger partial charge in [-0.25, -0.2) is 0 Å². The molecule has 0 aliphatic rings. The Bertz CT molecular complexity index is 367. The van der Waals surface area contributed by atoms with Crippen LogP contribution >= 0.6 is 0 Å². The molecule has 0 amide bonds. The molecule has 0 radical (unpaired) electrons. The molecule has 0 aliphatic heterocycles. The summed E-state index contributed by atoms with van der Waals surface area (Å²) in [6.07, 6.45) is 0.971. The first-order valence-corrected chi connectivity index (χ1v) is 6.21. The van der Waals surface area contributed by atoms with Crippen LogP contribution in [0.3, 0.4) is 0 Å². The molecule has 6 heteroatoms. The number of carbonyl (C=O) groups excluding carboxylic acids is 4. The lowest BCUT2D eigenvalue weighted by molar-refractivity contribution is -0.167. The summed E-state index contributed by atoms with van der Waals surface area (Å²) < 4.78 is 9.01. The summed E-state index contributed by atoms with van der Waals surface area (Å²) >= 11 is 0. The first-order valence-electron chi connectivity index (χ1n) is 6.21. The first kappa shape index (κ1) is 17.3. The van der Waals surface area contributed by atoms with E-state index in [9.17, 15) is 19.2 Å². The minimum atomic E-state index is -0.901. The van der Waals surface area contributed by atoms with Gasteiger partial charge >= 0.3 is 23.9 Å². The average molecular weight is 272 g/mol. The predicted molar refractivity (Wildman–Crippen MR) is 65.8 cm³/mol. The fourth-order valence-corrected chi connectivity index (χ4v) is 1.79. The third kappa shape index (κ3) is 5.63. The quantitative estimate of drug-likeness (QED) is 0.541. The van der Waals surface area contributed by atoms with Gasteiger partial charge in [0, 0.05) is 20.3 Å². The van der Waals surface area contributed by atoms with Gasteiger partial charge in [0.1, 0.15) is 0 Å². The normalized spacial score (nSPS) is 10.7. The van der Waals surface area contributed by atoms with Crippen LogP contribution in [0.25, 0.3) is 0 Å². The number of hydrogen-bond acceptors (Lipinski definition) is 6. The fraction of sp³-hybridized carbons (Fsp3) is 0.692. The van der Waals surface area contributed by atoms with Crippen LogP contribution in [0, 0.1) is 5.41 Å². The van der Waals surface area contributed by atoms with Crippen molar-refractivity contribution in [1.82, 2.24) is 0 Å². The van der Waals surface area contributed by atoms with E-state index in [0.717, 1.165) is 13.8 Å². The Morgan fingerprint density at radius 2 is 1.37 bits per heavy atom. The highest BCUT2D eigenvalue weighted by Gasteiger charge is 2.37. The van der Waals surface area contributed by atoms with Crippen LogP contribution in [-0.2, 0) is 28.7 Å². The molecule has 0 fully saturated rings. The van der Waals surface area contributed by atoms with E-state index in [1.807, 2.05) is 0 Å². The van der Waals surface area contributed by atoms with Crippen molar-refractivity contribution in [2.45, 2.75) is 53.4 Å². The highest BCUT2D eigenvalue weighted by atomic mass is 16.6. The smallest absolute Gasteiger partial charge is 0.319 e. The zero-order chi connectivity index (χ0) is 15.1. The zero-order valence-corrected chi connectivity index (χ0v) is 11.8. The SMILES string of the molecule is CCC(CC)(CCC(=O)OC(C)=O)C(=O)OC(C)=O. The van der Waals surface area contributed by atoms with Crippen molar-refractivity contribution in [1.29, 1.82) is 0 Å². The van der Waals surface area contributed by atoms with Crippen molar-refractivity contribution < 1.29 is 28.7 Å². The van der Waals surface area contributed by atoms with E-state index >= 15 is 0 Å². The second kappa shape index (κ2) is 7.66. The standard InChI is InChI=1S/C13H20O6/c1-5-13(6-2,12(17)19-10(4)15)8-7-11(16)18-9(3)14/h5-8H2,1-4H3. The van der Waals surface area contributed by atoms with Gasteiger partial charge in [0.2, 0.25) is 0 Å². The van der Waals surface area contributed by atoms with Gasteiger partial charge in [0.25, 0.3) is 0 Å². The van der Waals surface area contributed by atoms with Crippen LogP contribution in [0.1, 0.15) is 53.4 Å². The Morgan fingerprint density at radius 3 is 1.74 bits per heavy atom. The van der Waals surface area contributed by atoms with Crippen LogP contribution in [0.4, 0.5) is 0 Å². The van der Waals surface area contributed by atoms with Gasteiger partial charge in [-0.15, -0.1) is 0 Å². The van der Waals surface area contributed by atoms with Gasteiger partial charge < -0.3 is 9.47 Å². The van der Waals surface area contributed by atoms with E-state index in [4.69, 9.17) is 0 Å². The van der Waals surface area contributed by atoms with E-state index in [2.05, 4.69) is 9.47 Å². The maximum atomic E-state index is 11.9. The second-order valence-electron chi connectivity index (χ2n) is 4.33. The minimum absolute atomic E-state index is 0.0751. The molecule has 0 atom stereocenters. The molecule has 108 valence electrons. The predicted octanol–water partition coefficient (Wildman–Crippen LogP) is 1.75. The number of ether oxygens (including phenoxy) is 2. The van der Waals surface area contributed by atoms with Crippen molar-refractivity contribution >= 4 is 23.9 Å². The topological polar surface area (TPSA) is 86.7 Å². The summed E-state index contributed by atoms with van der Waals surface area (Å²) in [4.78, 5) is 44.7. The molecule has 19 heavy (non-hydrogen) atoms. The Morgan fingerprint density at radius 1 is 0.895 bits per heavy atom. The van der Waals surface area contributed by atoms with E-state index in [1.54, 1.807) is 13.8 Å². The van der Waals surface area contributed by atoms with Crippen LogP contribution in [0.2, 0.25) is 0 Å². The Hall–Kier alpha value is -1.72. The third-order valence-corrected chi connectivity index (χ3v) is 3.09. The van der Waals surface area contributed by atoms with E-state index in [1.165, 1.54) is 0 Å². The van der Waals surface area contributed by atoms with E-state index in [-0.39, 0.29) is 12.8 Å². The molecule has 0 rings (SSSR count). The lowest BCUT2D eigenvalue weighted by Crippen LogP contribution is -2.34. The molecule has 0 aromatic rings. The molecule has 0 aromatic carbocycles. The molecule has 0 heterocycles. The molecule has 0 spiro atoms. The number of hydrogen-bond donors (Lipinski definition) is 0. The van der Waals surface area contributed by atoms with Crippen molar-refractivity contribution in [2.24, 2.45) is 5.41 Å². The van der Waals surface area contributed by atoms with Gasteiger partial charge in [0.15, 0.2) is 0 Å². The van der Waals surface area contributed by atoms with E-state index in [0.29, 0.717) is 12.8 Å². The largest absolute Gasteiger partial charge is 0.393 e. The maximum absolute atomic E-state index is 11.9. The lowest BCUT2D eigenvalue weighted by atomic mass is 9.78. The fourth-order valence-electron chi connectivity index (χ4n) is 1.79. The lowest BCUT2D eigenvalue weighted by Gasteiger charge is -2.27. The number of carbonyl (C=O) groups is 4. The summed E-state index contributed by atoms with van der Waals surface area (Å²) in [5.41, 5.74) is -0.901. The maximum Gasteiger partial charge on any atom is 0.319 e. The Labute approximate surface area is 112 Å². The number of esters is 4. The van der Waals surface area contributed by atoms with Crippen LogP contribution in [0.15, 0.2) is 0 Å². The molecule has 0 saturated heterocycles. The molecular weight excluding hydrogens is 252 g/mol. The summed E-state index contributed by atoms with van der Waals surface area (Å²) in [6, 6.07) is 0. The summed E-state index contributed by atoms with van der Waals surface area (Å²) in [7, 11) is 0. The Kier molecular flexibility index (Phi) is 6.96. The minimum Gasteiger partial charge on any atom is -0.393 e. The average Bonchev–Trinajstić information content (AvgIpc) is 2.29. The van der Waals surface area contributed by atoms with Crippen molar-refractivity contribution in [3.8, 4) is 0 Å². The van der Waals surface area contributed by atoms with Crippen LogP contribution in [0.5, 0.6) is 0 Å². The molecule has 6 nitrogen and oxygen atoms in total. The van der Waals surface area contributed by atoms with E-state index < -0.39 is 29.3 Å². The Balaban J connectivity index is 4.71. The monoisotopic (exact) mass is 272 g/mol. The summed E-state index contributed by atoms with van der Waals surface area (Å²) in [6.45, 7) is 5.84. The second-order valence-corrected chi connectivity index (χ2v) is 4.33. The highest BCUT2D eigenvalue weighted by molar-refractivity contribution is 5.88. The zero-order valence-electron chi connectivity index (χ0n) is 11.8. The molecule has 0 N–H and O–H groups in total. The van der Waals surface area contributed by atoms with Crippen LogP contribution in [-0.4, -0.2) is 23.9 Å². The van der Waals surface area contributed by atoms with Crippen molar-refractivity contribution in [2.75, 3.05) is 0 Å². The number of rotatable bonds is 6. The first-order chi connectivity index (χ1) is 8.77. The molecule has 0 bridgehead atoms.